The maximum Gasteiger partial charge on any atom is 0.248 e. The normalized spacial score (nSPS) is 16.1. The van der Waals surface area contributed by atoms with E-state index in [2.05, 4.69) is 15.5 Å². The minimum absolute atomic E-state index is 0.0569. The Kier molecular flexibility index (Phi) is 6.88. The maximum absolute atomic E-state index is 12.6. The second-order valence-corrected chi connectivity index (χ2v) is 8.11. The van der Waals surface area contributed by atoms with E-state index in [4.69, 9.17) is 9.78 Å². The summed E-state index contributed by atoms with van der Waals surface area (Å²) in [4.78, 5) is 31.2. The summed E-state index contributed by atoms with van der Waals surface area (Å²) in [6.07, 6.45) is 1.44. The van der Waals surface area contributed by atoms with Crippen LogP contribution in [-0.2, 0) is 16.0 Å². The van der Waals surface area contributed by atoms with Gasteiger partial charge < -0.3 is 14.7 Å². The van der Waals surface area contributed by atoms with Crippen molar-refractivity contribution in [3.05, 3.63) is 41.5 Å². The molecule has 1 aromatic carbocycles. The van der Waals surface area contributed by atoms with E-state index < -0.39 is 6.04 Å². The van der Waals surface area contributed by atoms with Gasteiger partial charge in [0.2, 0.25) is 17.7 Å². The molecular formula is C20H23N5O3S. The van der Waals surface area contributed by atoms with Crippen LogP contribution in [0.5, 0.6) is 0 Å². The van der Waals surface area contributed by atoms with Gasteiger partial charge in [-0.1, -0.05) is 19.0 Å². The lowest BCUT2D eigenvalue weighted by molar-refractivity contribution is -0.136. The minimum atomic E-state index is -0.501. The summed E-state index contributed by atoms with van der Waals surface area (Å²) in [7, 11) is 0. The molecule has 9 heteroatoms. The van der Waals surface area contributed by atoms with E-state index in [9.17, 15) is 9.59 Å². The van der Waals surface area contributed by atoms with Gasteiger partial charge in [-0.3, -0.25) is 9.59 Å². The van der Waals surface area contributed by atoms with Gasteiger partial charge in [-0.05, 0) is 30.7 Å². The second-order valence-electron chi connectivity index (χ2n) is 7.11. The molecule has 1 N–H and O–H groups in total. The highest BCUT2D eigenvalue weighted by molar-refractivity contribution is 7.99. The Morgan fingerprint density at radius 3 is 2.79 bits per heavy atom. The van der Waals surface area contributed by atoms with Crippen LogP contribution < -0.4 is 5.32 Å². The predicted octanol–water partition coefficient (Wildman–Crippen LogP) is 2.93. The van der Waals surface area contributed by atoms with Gasteiger partial charge in [0, 0.05) is 30.2 Å². The van der Waals surface area contributed by atoms with Gasteiger partial charge in [0.1, 0.15) is 6.04 Å². The summed E-state index contributed by atoms with van der Waals surface area (Å²) < 4.78 is 5.20. The van der Waals surface area contributed by atoms with Gasteiger partial charge >= 0.3 is 0 Å². The van der Waals surface area contributed by atoms with Crippen molar-refractivity contribution in [3.63, 3.8) is 0 Å². The van der Waals surface area contributed by atoms with E-state index in [-0.39, 0.29) is 17.7 Å². The summed E-state index contributed by atoms with van der Waals surface area (Å²) in [5.74, 6) is 2.20. The first kappa shape index (κ1) is 20.9. The lowest BCUT2D eigenvalue weighted by atomic mass is 10.2. The van der Waals surface area contributed by atoms with Crippen molar-refractivity contribution < 1.29 is 14.1 Å². The highest BCUT2D eigenvalue weighted by Gasteiger charge is 2.34. The number of nitrogens with zero attached hydrogens (tertiary/aromatic N) is 4. The number of thioether (sulfide) groups is 1. The quantitative estimate of drug-likeness (QED) is 0.742. The third-order valence-electron chi connectivity index (χ3n) is 4.57. The number of aryl methyl sites for hydroxylation is 1. The summed E-state index contributed by atoms with van der Waals surface area (Å²) in [5, 5.41) is 15.6. The molecule has 0 radical (unpaired) electrons. The van der Waals surface area contributed by atoms with Gasteiger partial charge in [-0.25, -0.2) is 0 Å². The monoisotopic (exact) mass is 413 g/mol. The topological polar surface area (TPSA) is 112 Å². The molecule has 3 rings (SSSR count). The molecule has 1 fully saturated rings. The molecule has 2 amide bonds. The van der Waals surface area contributed by atoms with E-state index in [0.29, 0.717) is 53.9 Å². The van der Waals surface area contributed by atoms with Crippen molar-refractivity contribution in [2.75, 3.05) is 16.9 Å². The average Bonchev–Trinajstić information content (AvgIpc) is 3.38. The van der Waals surface area contributed by atoms with Gasteiger partial charge in [0.05, 0.1) is 17.5 Å². The first-order valence-corrected chi connectivity index (χ1v) is 10.6. The Morgan fingerprint density at radius 2 is 2.14 bits per heavy atom. The van der Waals surface area contributed by atoms with Crippen LogP contribution in [0, 0.1) is 11.3 Å². The summed E-state index contributed by atoms with van der Waals surface area (Å²) >= 11 is 1.56. The van der Waals surface area contributed by atoms with Crippen LogP contribution in [0.3, 0.4) is 0 Å². The smallest absolute Gasteiger partial charge is 0.248 e. The predicted molar refractivity (Wildman–Crippen MR) is 109 cm³/mol. The zero-order valence-corrected chi connectivity index (χ0v) is 17.2. The Bertz CT molecular complexity index is 904. The number of hydrogen-bond donors (Lipinski definition) is 1. The van der Waals surface area contributed by atoms with Crippen molar-refractivity contribution in [1.82, 2.24) is 15.0 Å². The van der Waals surface area contributed by atoms with Crippen molar-refractivity contribution >= 4 is 29.3 Å². The van der Waals surface area contributed by atoms with Crippen LogP contribution >= 0.6 is 11.8 Å². The third kappa shape index (κ3) is 5.35. The molecule has 0 aliphatic carbocycles. The third-order valence-corrected chi connectivity index (χ3v) is 5.58. The molecule has 1 saturated heterocycles. The molecule has 152 valence electrons. The molecule has 1 aliphatic rings. The molecule has 1 aromatic heterocycles. The number of aromatic nitrogens is 2. The lowest BCUT2D eigenvalue weighted by Gasteiger charge is -2.23. The molecule has 8 nitrogen and oxygen atoms in total. The molecule has 1 aliphatic heterocycles. The minimum Gasteiger partial charge on any atom is -0.339 e. The first-order chi connectivity index (χ1) is 14.0. The largest absolute Gasteiger partial charge is 0.339 e. The maximum atomic E-state index is 12.6. The van der Waals surface area contributed by atoms with E-state index in [1.807, 2.05) is 19.9 Å². The lowest BCUT2D eigenvalue weighted by Crippen LogP contribution is -2.44. The molecule has 1 atom stereocenters. The number of carbonyl (C=O) groups excluding carboxylic acids is 2. The van der Waals surface area contributed by atoms with Crippen LogP contribution in [0.1, 0.15) is 49.9 Å². The van der Waals surface area contributed by atoms with Crippen LogP contribution in [0.4, 0.5) is 5.69 Å². The molecule has 29 heavy (non-hydrogen) atoms. The number of rotatable bonds is 7. The zero-order valence-electron chi connectivity index (χ0n) is 16.4. The van der Waals surface area contributed by atoms with E-state index in [1.165, 1.54) is 0 Å². The van der Waals surface area contributed by atoms with Gasteiger partial charge in [0.25, 0.3) is 0 Å². The fourth-order valence-electron chi connectivity index (χ4n) is 2.90. The Labute approximate surface area is 173 Å². The van der Waals surface area contributed by atoms with E-state index in [1.54, 1.807) is 40.9 Å². The standard InChI is InChI=1S/C20H23N5O3S/c1-13(2)19-23-17(28-24-19)4-3-5-18(26)25-12-29-11-16(25)20(27)22-15-8-6-14(10-21)7-9-15/h6-9,13,16H,3-5,11-12H2,1-2H3,(H,22,27). The Morgan fingerprint density at radius 1 is 1.38 bits per heavy atom. The SMILES string of the molecule is CC(C)c1noc(CCCC(=O)N2CSCC2C(=O)Nc2ccc(C#N)cc2)n1. The number of hydrogen-bond acceptors (Lipinski definition) is 7. The molecule has 2 aromatic rings. The fourth-order valence-corrected chi connectivity index (χ4v) is 4.08. The number of nitrogens with one attached hydrogen (secondary N) is 1. The van der Waals surface area contributed by atoms with E-state index in [0.717, 1.165) is 0 Å². The van der Waals surface area contributed by atoms with Crippen LogP contribution in [-0.4, -0.2) is 44.5 Å². The van der Waals surface area contributed by atoms with Gasteiger partial charge in [0.15, 0.2) is 5.82 Å². The zero-order chi connectivity index (χ0) is 20.8. The number of anilines is 1. The van der Waals surface area contributed by atoms with Crippen LogP contribution in [0.2, 0.25) is 0 Å². The molecule has 0 spiro atoms. The number of amides is 2. The first-order valence-electron chi connectivity index (χ1n) is 9.48. The summed E-state index contributed by atoms with van der Waals surface area (Å²) in [6.45, 7) is 3.98. The van der Waals surface area contributed by atoms with E-state index >= 15 is 0 Å². The van der Waals surface area contributed by atoms with Crippen LogP contribution in [0.25, 0.3) is 0 Å². The molecule has 2 heterocycles. The average molecular weight is 414 g/mol. The van der Waals surface area contributed by atoms with Gasteiger partial charge in [-0.15, -0.1) is 11.8 Å². The van der Waals surface area contributed by atoms with Crippen molar-refractivity contribution in [1.29, 1.82) is 5.26 Å². The Hall–Kier alpha value is -2.86. The number of carbonyl (C=O) groups is 2. The molecule has 0 bridgehead atoms. The second kappa shape index (κ2) is 9.56. The molecular weight excluding hydrogens is 390 g/mol. The highest BCUT2D eigenvalue weighted by atomic mass is 32.2. The summed E-state index contributed by atoms with van der Waals surface area (Å²) in [5.41, 5.74) is 1.13. The van der Waals surface area contributed by atoms with Gasteiger partial charge in [-0.2, -0.15) is 10.2 Å². The van der Waals surface area contributed by atoms with Crippen molar-refractivity contribution in [2.24, 2.45) is 0 Å². The number of benzene rings is 1. The Balaban J connectivity index is 1.51. The summed E-state index contributed by atoms with van der Waals surface area (Å²) in [6, 6.07) is 8.19. The molecule has 0 saturated carbocycles. The van der Waals surface area contributed by atoms with Crippen molar-refractivity contribution in [2.45, 2.75) is 45.1 Å². The van der Waals surface area contributed by atoms with Crippen LogP contribution in [0.15, 0.2) is 28.8 Å². The fraction of sp³-hybridized carbons (Fsp3) is 0.450. The number of nitriles is 1. The molecule has 1 unspecified atom stereocenters. The highest BCUT2D eigenvalue weighted by Crippen LogP contribution is 2.24. The van der Waals surface area contributed by atoms with Crippen molar-refractivity contribution in [3.8, 4) is 6.07 Å².